The summed E-state index contributed by atoms with van der Waals surface area (Å²) >= 11 is 0. The Balaban J connectivity index is 1.55. The topological polar surface area (TPSA) is 99.8 Å². The number of nitrogens with one attached hydrogen (secondary N) is 1. The molecular weight excluding hydrogens is 394 g/mol. The number of carbonyl (C=O) groups is 1. The van der Waals surface area contributed by atoms with Crippen LogP contribution in [0.5, 0.6) is 5.75 Å². The molecule has 3 aromatic heterocycles. The van der Waals surface area contributed by atoms with Crippen LogP contribution in [0.25, 0.3) is 22.8 Å². The van der Waals surface area contributed by atoms with Crippen molar-refractivity contribution in [3.63, 3.8) is 0 Å². The van der Waals surface area contributed by atoms with E-state index in [1.165, 1.54) is 0 Å². The highest BCUT2D eigenvalue weighted by Gasteiger charge is 2.18. The van der Waals surface area contributed by atoms with Crippen LogP contribution in [0.1, 0.15) is 23.2 Å². The van der Waals surface area contributed by atoms with Gasteiger partial charge in [0.15, 0.2) is 5.82 Å². The van der Waals surface area contributed by atoms with Gasteiger partial charge in [0.1, 0.15) is 23.6 Å². The van der Waals surface area contributed by atoms with Gasteiger partial charge in [-0.05, 0) is 43.2 Å². The molecule has 9 nitrogen and oxygen atoms in total. The molecule has 31 heavy (non-hydrogen) atoms. The summed E-state index contributed by atoms with van der Waals surface area (Å²) in [4.78, 5) is 21.9. The van der Waals surface area contributed by atoms with Crippen LogP contribution in [-0.2, 0) is 13.6 Å². The average Bonchev–Trinajstić information content (AvgIpc) is 3.42. The zero-order valence-electron chi connectivity index (χ0n) is 17.0. The molecule has 2 bridgehead atoms. The van der Waals surface area contributed by atoms with Gasteiger partial charge in [-0.1, -0.05) is 6.07 Å². The average molecular weight is 415 g/mol. The third-order valence-corrected chi connectivity index (χ3v) is 5.22. The van der Waals surface area contributed by atoms with Crippen molar-refractivity contribution in [2.75, 3.05) is 11.9 Å². The van der Waals surface area contributed by atoms with E-state index in [4.69, 9.17) is 4.74 Å². The lowest BCUT2D eigenvalue weighted by Crippen LogP contribution is -2.16. The minimum absolute atomic E-state index is 0.290. The first-order valence-electron chi connectivity index (χ1n) is 10.1. The minimum atomic E-state index is -0.290. The summed E-state index contributed by atoms with van der Waals surface area (Å²) in [6.07, 6.45) is 6.91. The fraction of sp³-hybridized carbons (Fsp3) is 0.227. The molecule has 0 saturated heterocycles. The van der Waals surface area contributed by atoms with Gasteiger partial charge >= 0.3 is 0 Å². The van der Waals surface area contributed by atoms with E-state index in [0.29, 0.717) is 35.3 Å². The number of anilines is 1. The van der Waals surface area contributed by atoms with Crippen LogP contribution in [0.2, 0.25) is 0 Å². The zero-order valence-corrected chi connectivity index (χ0v) is 17.0. The lowest BCUT2D eigenvalue weighted by atomic mass is 10.1. The number of amides is 1. The molecule has 1 aliphatic heterocycles. The molecule has 4 heterocycles. The number of imidazole rings is 1. The summed E-state index contributed by atoms with van der Waals surface area (Å²) in [6, 6.07) is 11.1. The van der Waals surface area contributed by atoms with E-state index in [1.54, 1.807) is 24.9 Å². The molecule has 1 aliphatic rings. The van der Waals surface area contributed by atoms with Gasteiger partial charge in [-0.15, -0.1) is 10.2 Å². The third-order valence-electron chi connectivity index (χ3n) is 5.22. The summed E-state index contributed by atoms with van der Waals surface area (Å²) < 4.78 is 9.86. The SMILES string of the molecule is Cn1cncc1-c1ccc2c(c1)C(=O)Nc1cccc(n1)-c1nncn1CCCCO2. The summed E-state index contributed by atoms with van der Waals surface area (Å²) in [5.41, 5.74) is 2.90. The maximum absolute atomic E-state index is 13.2. The first-order chi connectivity index (χ1) is 15.2. The van der Waals surface area contributed by atoms with Gasteiger partial charge in [0, 0.05) is 19.2 Å². The Morgan fingerprint density at radius 1 is 1.13 bits per heavy atom. The highest BCUT2D eigenvalue weighted by Crippen LogP contribution is 2.28. The largest absolute Gasteiger partial charge is 0.493 e. The highest BCUT2D eigenvalue weighted by atomic mass is 16.5. The van der Waals surface area contributed by atoms with E-state index >= 15 is 0 Å². The first kappa shape index (κ1) is 19.0. The number of fused-ring (bicyclic) bond motifs is 5. The second-order valence-corrected chi connectivity index (χ2v) is 7.37. The standard InChI is InChI=1S/C22H21N7O2/c1-28-13-23-12-18(28)15-7-8-19-16(11-15)22(30)26-20-6-4-5-17(25-20)21-27-24-14-29(21)9-2-3-10-31-19/h4-8,11-14H,2-3,9-10H2,1H3,(H,25,26,30). The van der Waals surface area contributed by atoms with Gasteiger partial charge in [-0.2, -0.15) is 0 Å². The van der Waals surface area contributed by atoms with Crippen molar-refractivity contribution in [1.82, 2.24) is 29.3 Å². The molecule has 1 amide bonds. The second-order valence-electron chi connectivity index (χ2n) is 7.37. The number of benzene rings is 1. The number of pyridine rings is 1. The van der Waals surface area contributed by atoms with Gasteiger partial charge < -0.3 is 19.2 Å². The van der Waals surface area contributed by atoms with Crippen molar-refractivity contribution in [3.05, 3.63) is 60.8 Å². The third kappa shape index (κ3) is 3.77. The molecule has 0 fully saturated rings. The Hall–Kier alpha value is -4.01. The minimum Gasteiger partial charge on any atom is -0.493 e. The van der Waals surface area contributed by atoms with Gasteiger partial charge in [-0.3, -0.25) is 4.79 Å². The number of carbonyl (C=O) groups excluding carboxylic acids is 1. The molecule has 0 saturated carbocycles. The normalized spacial score (nSPS) is 14.0. The van der Waals surface area contributed by atoms with Crippen LogP contribution in [0.4, 0.5) is 5.82 Å². The molecule has 9 heteroatoms. The maximum atomic E-state index is 13.2. The molecule has 1 aromatic carbocycles. The van der Waals surface area contributed by atoms with E-state index in [9.17, 15) is 4.79 Å². The van der Waals surface area contributed by atoms with E-state index in [1.807, 2.05) is 46.5 Å². The van der Waals surface area contributed by atoms with Crippen LogP contribution in [0.3, 0.4) is 0 Å². The Bertz CT molecular complexity index is 1240. The summed E-state index contributed by atoms with van der Waals surface area (Å²) in [5.74, 6) is 1.36. The molecule has 5 rings (SSSR count). The lowest BCUT2D eigenvalue weighted by Gasteiger charge is -2.15. The van der Waals surface area contributed by atoms with Crippen LogP contribution >= 0.6 is 0 Å². The van der Waals surface area contributed by atoms with Crippen LogP contribution in [0, 0.1) is 0 Å². The molecular formula is C22H21N7O2. The Morgan fingerprint density at radius 3 is 2.94 bits per heavy atom. The molecule has 156 valence electrons. The van der Waals surface area contributed by atoms with Crippen molar-refractivity contribution < 1.29 is 9.53 Å². The Labute approximate surface area is 178 Å². The number of aryl methyl sites for hydroxylation is 2. The summed E-state index contributed by atoms with van der Waals surface area (Å²) in [5, 5.41) is 11.1. The van der Waals surface area contributed by atoms with Gasteiger partial charge in [0.05, 0.1) is 30.4 Å². The summed E-state index contributed by atoms with van der Waals surface area (Å²) in [6.45, 7) is 1.27. The van der Waals surface area contributed by atoms with E-state index in [2.05, 4.69) is 25.5 Å². The molecule has 0 spiro atoms. The number of nitrogens with zero attached hydrogens (tertiary/aromatic N) is 6. The lowest BCUT2D eigenvalue weighted by molar-refractivity contribution is 0.102. The number of hydrogen-bond donors (Lipinski definition) is 1. The monoisotopic (exact) mass is 415 g/mol. The van der Waals surface area contributed by atoms with Gasteiger partial charge in [-0.25, -0.2) is 9.97 Å². The van der Waals surface area contributed by atoms with E-state index < -0.39 is 0 Å². The number of ether oxygens (including phenoxy) is 1. The maximum Gasteiger partial charge on any atom is 0.260 e. The van der Waals surface area contributed by atoms with E-state index in [0.717, 1.165) is 30.6 Å². The predicted molar refractivity (Wildman–Crippen MR) is 115 cm³/mol. The number of aromatic nitrogens is 6. The Morgan fingerprint density at radius 2 is 2.06 bits per heavy atom. The number of rotatable bonds is 1. The first-order valence-corrected chi connectivity index (χ1v) is 10.1. The quantitative estimate of drug-likeness (QED) is 0.513. The highest BCUT2D eigenvalue weighted by molar-refractivity contribution is 6.06. The van der Waals surface area contributed by atoms with Crippen molar-refractivity contribution in [2.24, 2.45) is 7.05 Å². The molecule has 0 aliphatic carbocycles. The van der Waals surface area contributed by atoms with Gasteiger partial charge in [0.25, 0.3) is 5.91 Å². The number of hydrogen-bond acceptors (Lipinski definition) is 6. The smallest absolute Gasteiger partial charge is 0.260 e. The fourth-order valence-corrected chi connectivity index (χ4v) is 3.62. The molecule has 0 atom stereocenters. The molecule has 1 N–H and O–H groups in total. The van der Waals surface area contributed by atoms with Crippen molar-refractivity contribution in [2.45, 2.75) is 19.4 Å². The van der Waals surface area contributed by atoms with Crippen LogP contribution in [-0.4, -0.2) is 41.8 Å². The van der Waals surface area contributed by atoms with Crippen LogP contribution in [0.15, 0.2) is 55.2 Å². The second kappa shape index (κ2) is 8.02. The molecule has 0 unspecified atom stereocenters. The van der Waals surface area contributed by atoms with Crippen molar-refractivity contribution in [1.29, 1.82) is 0 Å². The van der Waals surface area contributed by atoms with Crippen molar-refractivity contribution >= 4 is 11.7 Å². The molecule has 4 aromatic rings. The van der Waals surface area contributed by atoms with Crippen LogP contribution < -0.4 is 10.1 Å². The summed E-state index contributed by atoms with van der Waals surface area (Å²) in [7, 11) is 1.92. The molecule has 0 radical (unpaired) electrons. The van der Waals surface area contributed by atoms with E-state index in [-0.39, 0.29) is 5.91 Å². The predicted octanol–water partition coefficient (Wildman–Crippen LogP) is 3.17. The zero-order chi connectivity index (χ0) is 21.2. The van der Waals surface area contributed by atoms with Gasteiger partial charge in [0.2, 0.25) is 0 Å². The fourth-order valence-electron chi connectivity index (χ4n) is 3.62. The van der Waals surface area contributed by atoms with Crippen molar-refractivity contribution in [3.8, 4) is 28.5 Å². The Kier molecular flexibility index (Phi) is 4.91.